The number of aryl methyl sites for hydroxylation is 1. The Labute approximate surface area is 118 Å². The highest BCUT2D eigenvalue weighted by Crippen LogP contribution is 2.20. The third kappa shape index (κ3) is 4.23. The Kier molecular flexibility index (Phi) is 4.93. The number of allylic oxidation sites excluding steroid dienone is 2. The van der Waals surface area contributed by atoms with Crippen LogP contribution in [0.4, 0.5) is 5.69 Å². The van der Waals surface area contributed by atoms with Crippen LogP contribution >= 0.6 is 0 Å². The molecule has 0 radical (unpaired) electrons. The zero-order chi connectivity index (χ0) is 14.4. The van der Waals surface area contributed by atoms with E-state index in [1.54, 1.807) is 0 Å². The first kappa shape index (κ1) is 14.3. The largest absolute Gasteiger partial charge is 0.481 e. The fourth-order valence-corrected chi connectivity index (χ4v) is 2.28. The number of amides is 1. The topological polar surface area (TPSA) is 66.4 Å². The second-order valence-corrected chi connectivity index (χ2v) is 5.06. The number of carbonyl (C=O) groups is 2. The van der Waals surface area contributed by atoms with Crippen LogP contribution in [0.25, 0.3) is 0 Å². The minimum absolute atomic E-state index is 0.0617. The predicted molar refractivity (Wildman–Crippen MR) is 77.5 cm³/mol. The maximum atomic E-state index is 12.0. The van der Waals surface area contributed by atoms with Gasteiger partial charge in [-0.3, -0.25) is 9.59 Å². The molecule has 2 rings (SSSR count). The molecule has 1 aliphatic rings. The van der Waals surface area contributed by atoms with Gasteiger partial charge in [0.2, 0.25) is 5.91 Å². The van der Waals surface area contributed by atoms with Gasteiger partial charge in [0.15, 0.2) is 0 Å². The summed E-state index contributed by atoms with van der Waals surface area (Å²) in [6.45, 7) is 0. The normalized spacial score (nSPS) is 17.7. The van der Waals surface area contributed by atoms with E-state index in [4.69, 9.17) is 5.11 Å². The Morgan fingerprint density at radius 2 is 1.95 bits per heavy atom. The summed E-state index contributed by atoms with van der Waals surface area (Å²) in [6.07, 6.45) is 7.48. The molecular formula is C16H19NO3. The molecule has 1 aliphatic carbocycles. The van der Waals surface area contributed by atoms with Gasteiger partial charge in [0.1, 0.15) is 0 Å². The number of hydrogen-bond acceptors (Lipinski definition) is 2. The van der Waals surface area contributed by atoms with Gasteiger partial charge in [-0.2, -0.15) is 0 Å². The summed E-state index contributed by atoms with van der Waals surface area (Å²) in [7, 11) is 0. The molecule has 1 unspecified atom stereocenters. The zero-order valence-corrected chi connectivity index (χ0v) is 11.3. The van der Waals surface area contributed by atoms with Crippen LogP contribution in [-0.2, 0) is 16.0 Å². The lowest BCUT2D eigenvalue weighted by Gasteiger charge is -2.17. The fraction of sp³-hybridized carbons (Fsp3) is 0.375. The Balaban J connectivity index is 1.88. The molecule has 4 heteroatoms. The first-order chi connectivity index (χ1) is 9.65. The average Bonchev–Trinajstić information content (AvgIpc) is 2.47. The van der Waals surface area contributed by atoms with Crippen molar-refractivity contribution < 1.29 is 14.7 Å². The van der Waals surface area contributed by atoms with Crippen molar-refractivity contribution in [3.05, 3.63) is 42.0 Å². The lowest BCUT2D eigenvalue weighted by Crippen LogP contribution is -2.23. The molecule has 1 aromatic rings. The molecule has 0 spiro atoms. The molecule has 2 N–H and O–H groups in total. The number of carboxylic acid groups (broad SMARTS) is 1. The van der Waals surface area contributed by atoms with Crippen LogP contribution in [-0.4, -0.2) is 17.0 Å². The molecule has 4 nitrogen and oxygen atoms in total. The van der Waals surface area contributed by atoms with Gasteiger partial charge in [0, 0.05) is 18.0 Å². The molecule has 0 heterocycles. The van der Waals surface area contributed by atoms with Crippen LogP contribution in [0.1, 0.15) is 31.2 Å². The fourth-order valence-electron chi connectivity index (χ4n) is 2.28. The van der Waals surface area contributed by atoms with Gasteiger partial charge in [-0.1, -0.05) is 24.3 Å². The Bertz CT molecular complexity index is 505. The van der Waals surface area contributed by atoms with Crippen molar-refractivity contribution >= 4 is 17.6 Å². The van der Waals surface area contributed by atoms with Crippen LogP contribution in [0.3, 0.4) is 0 Å². The highest BCUT2D eigenvalue weighted by atomic mass is 16.4. The summed E-state index contributed by atoms with van der Waals surface area (Å²) in [5.74, 6) is -0.674. The monoisotopic (exact) mass is 273 g/mol. The number of carboxylic acids is 1. The standard InChI is InChI=1S/C16H19NO3/c18-15(19)11-8-12-6-9-14(10-7-12)17-16(20)13-4-2-1-3-5-13/h1-2,6-7,9-10,13H,3-5,8,11H2,(H,17,20)(H,18,19). The van der Waals surface area contributed by atoms with Crippen LogP contribution in [0.5, 0.6) is 0 Å². The second kappa shape index (κ2) is 6.89. The molecule has 20 heavy (non-hydrogen) atoms. The number of hydrogen-bond donors (Lipinski definition) is 2. The van der Waals surface area contributed by atoms with E-state index in [1.165, 1.54) is 0 Å². The molecule has 1 amide bonds. The summed E-state index contributed by atoms with van der Waals surface area (Å²) >= 11 is 0. The number of nitrogens with one attached hydrogen (secondary N) is 1. The third-order valence-corrected chi connectivity index (χ3v) is 3.49. The van der Waals surface area contributed by atoms with E-state index in [9.17, 15) is 9.59 Å². The van der Waals surface area contributed by atoms with Gasteiger partial charge in [-0.25, -0.2) is 0 Å². The van der Waals surface area contributed by atoms with E-state index >= 15 is 0 Å². The minimum atomic E-state index is -0.798. The van der Waals surface area contributed by atoms with Crippen molar-refractivity contribution in [3.8, 4) is 0 Å². The highest BCUT2D eigenvalue weighted by Gasteiger charge is 2.18. The van der Waals surface area contributed by atoms with Crippen LogP contribution < -0.4 is 5.32 Å². The van der Waals surface area contributed by atoms with E-state index in [2.05, 4.69) is 17.5 Å². The number of benzene rings is 1. The van der Waals surface area contributed by atoms with Gasteiger partial charge < -0.3 is 10.4 Å². The van der Waals surface area contributed by atoms with Crippen molar-refractivity contribution in [3.63, 3.8) is 0 Å². The average molecular weight is 273 g/mol. The molecule has 1 atom stereocenters. The van der Waals surface area contributed by atoms with Crippen LogP contribution in [0.2, 0.25) is 0 Å². The molecule has 0 fully saturated rings. The molecular weight excluding hydrogens is 254 g/mol. The maximum Gasteiger partial charge on any atom is 0.303 e. The summed E-state index contributed by atoms with van der Waals surface area (Å²) in [5.41, 5.74) is 1.73. The van der Waals surface area contributed by atoms with Gasteiger partial charge in [-0.15, -0.1) is 0 Å². The molecule has 0 saturated carbocycles. The Hall–Kier alpha value is -2.10. The lowest BCUT2D eigenvalue weighted by molar-refractivity contribution is -0.137. The first-order valence-corrected chi connectivity index (χ1v) is 6.92. The van der Waals surface area contributed by atoms with Crippen LogP contribution in [0.15, 0.2) is 36.4 Å². The Morgan fingerprint density at radius 3 is 2.55 bits per heavy atom. The number of carbonyl (C=O) groups excluding carboxylic acids is 1. The maximum absolute atomic E-state index is 12.0. The highest BCUT2D eigenvalue weighted by molar-refractivity contribution is 5.92. The number of anilines is 1. The van der Waals surface area contributed by atoms with E-state index in [-0.39, 0.29) is 18.2 Å². The molecule has 1 aromatic carbocycles. The minimum Gasteiger partial charge on any atom is -0.481 e. The van der Waals surface area contributed by atoms with E-state index in [0.717, 1.165) is 30.5 Å². The second-order valence-electron chi connectivity index (χ2n) is 5.06. The smallest absolute Gasteiger partial charge is 0.303 e. The summed E-state index contributed by atoms with van der Waals surface area (Å²) < 4.78 is 0. The van der Waals surface area contributed by atoms with Gasteiger partial charge in [-0.05, 0) is 43.4 Å². The van der Waals surface area contributed by atoms with Crippen molar-refractivity contribution in [1.29, 1.82) is 0 Å². The zero-order valence-electron chi connectivity index (χ0n) is 11.3. The van der Waals surface area contributed by atoms with E-state index < -0.39 is 5.97 Å². The van der Waals surface area contributed by atoms with Gasteiger partial charge in [0.25, 0.3) is 0 Å². The number of rotatable bonds is 5. The van der Waals surface area contributed by atoms with Gasteiger partial charge >= 0.3 is 5.97 Å². The summed E-state index contributed by atoms with van der Waals surface area (Å²) in [4.78, 5) is 22.5. The number of aliphatic carboxylic acids is 1. The molecule has 0 bridgehead atoms. The Morgan fingerprint density at radius 1 is 1.20 bits per heavy atom. The van der Waals surface area contributed by atoms with Crippen LogP contribution in [0, 0.1) is 5.92 Å². The lowest BCUT2D eigenvalue weighted by atomic mass is 9.93. The van der Waals surface area contributed by atoms with Crippen molar-refractivity contribution in [1.82, 2.24) is 0 Å². The summed E-state index contributed by atoms with van der Waals surface area (Å²) in [5, 5.41) is 11.5. The SMILES string of the molecule is O=C(O)CCc1ccc(NC(=O)C2CC=CCC2)cc1. The third-order valence-electron chi connectivity index (χ3n) is 3.49. The molecule has 0 saturated heterocycles. The quantitative estimate of drug-likeness (QED) is 0.810. The molecule has 0 aliphatic heterocycles. The molecule has 106 valence electrons. The van der Waals surface area contributed by atoms with Crippen molar-refractivity contribution in [2.45, 2.75) is 32.1 Å². The molecule has 0 aromatic heterocycles. The van der Waals surface area contributed by atoms with Gasteiger partial charge in [0.05, 0.1) is 0 Å². The first-order valence-electron chi connectivity index (χ1n) is 6.92. The van der Waals surface area contributed by atoms with E-state index in [0.29, 0.717) is 6.42 Å². The van der Waals surface area contributed by atoms with Crippen molar-refractivity contribution in [2.24, 2.45) is 5.92 Å². The predicted octanol–water partition coefficient (Wildman–Crippen LogP) is 3.00. The van der Waals surface area contributed by atoms with Crippen molar-refractivity contribution in [2.75, 3.05) is 5.32 Å². The summed E-state index contributed by atoms with van der Waals surface area (Å²) in [6, 6.07) is 7.38. The van der Waals surface area contributed by atoms with E-state index in [1.807, 2.05) is 24.3 Å².